The maximum absolute atomic E-state index is 12.0. The van der Waals surface area contributed by atoms with Gasteiger partial charge in [-0.05, 0) is 37.3 Å². The van der Waals surface area contributed by atoms with Gasteiger partial charge in [-0.15, -0.1) is 0 Å². The number of anilines is 2. The minimum absolute atomic E-state index is 0.0514. The molecule has 0 heterocycles. The predicted octanol–water partition coefficient (Wildman–Crippen LogP) is 2.37. The number of carbonyl (C=O) groups is 2. The number of benzene rings is 2. The highest BCUT2D eigenvalue weighted by atomic mass is 16.6. The quantitative estimate of drug-likeness (QED) is 0.335. The Hall–Kier alpha value is -3.62. The first-order chi connectivity index (χ1) is 12.4. The molecule has 0 unspecified atom stereocenters. The molecule has 0 saturated carbocycles. The molecule has 26 heavy (non-hydrogen) atoms. The number of esters is 1. The average molecular weight is 359 g/mol. The zero-order valence-corrected chi connectivity index (χ0v) is 13.9. The molecule has 2 rings (SSSR count). The molecule has 0 spiro atoms. The topological polar surface area (TPSA) is 134 Å². The largest absolute Gasteiger partial charge is 0.494 e. The van der Waals surface area contributed by atoms with Crippen molar-refractivity contribution in [2.24, 2.45) is 0 Å². The fourth-order valence-corrected chi connectivity index (χ4v) is 2.06. The third-order valence-corrected chi connectivity index (χ3v) is 3.25. The number of carbonyl (C=O) groups excluding carboxylic acids is 2. The van der Waals surface area contributed by atoms with Gasteiger partial charge in [0.05, 0.1) is 22.8 Å². The standard InChI is InChI=1S/C17H17N3O6/c1-2-25-13-6-3-11(4-7-13)19-16(21)10-26-17(22)14-8-5-12(20(23)24)9-15(14)18/h3-9H,2,10,18H2,1H3,(H,19,21). The summed E-state index contributed by atoms with van der Waals surface area (Å²) in [5.74, 6) is -0.715. The molecule has 0 bridgehead atoms. The molecule has 3 N–H and O–H groups in total. The second-order valence-electron chi connectivity index (χ2n) is 5.11. The number of rotatable bonds is 7. The molecule has 2 aromatic carbocycles. The monoisotopic (exact) mass is 359 g/mol. The average Bonchev–Trinajstić information content (AvgIpc) is 2.61. The maximum Gasteiger partial charge on any atom is 0.340 e. The van der Waals surface area contributed by atoms with Crippen LogP contribution >= 0.6 is 0 Å². The van der Waals surface area contributed by atoms with Crippen LogP contribution < -0.4 is 15.8 Å². The van der Waals surface area contributed by atoms with Crippen LogP contribution in [0.2, 0.25) is 0 Å². The Kier molecular flexibility index (Phi) is 6.10. The third-order valence-electron chi connectivity index (χ3n) is 3.25. The van der Waals surface area contributed by atoms with E-state index >= 15 is 0 Å². The first-order valence-electron chi connectivity index (χ1n) is 7.64. The summed E-state index contributed by atoms with van der Waals surface area (Å²) in [6.07, 6.45) is 0. The van der Waals surface area contributed by atoms with Crippen LogP contribution in [0.4, 0.5) is 17.1 Å². The van der Waals surface area contributed by atoms with Gasteiger partial charge in [-0.2, -0.15) is 0 Å². The van der Waals surface area contributed by atoms with Crippen molar-refractivity contribution < 1.29 is 24.0 Å². The molecule has 0 aliphatic carbocycles. The summed E-state index contributed by atoms with van der Waals surface area (Å²) in [5, 5.41) is 13.2. The number of nitrogens with zero attached hydrogens (tertiary/aromatic N) is 1. The number of amides is 1. The van der Waals surface area contributed by atoms with Gasteiger partial charge in [-0.1, -0.05) is 0 Å². The van der Waals surface area contributed by atoms with Gasteiger partial charge in [0.1, 0.15) is 5.75 Å². The van der Waals surface area contributed by atoms with Gasteiger partial charge in [-0.3, -0.25) is 14.9 Å². The number of nitro benzene ring substituents is 1. The Morgan fingerprint density at radius 1 is 1.19 bits per heavy atom. The van der Waals surface area contributed by atoms with E-state index in [1.165, 1.54) is 6.07 Å². The fourth-order valence-electron chi connectivity index (χ4n) is 2.06. The number of nitrogens with two attached hydrogens (primary N) is 1. The fraction of sp³-hybridized carbons (Fsp3) is 0.176. The molecule has 0 atom stereocenters. The van der Waals surface area contributed by atoms with Crippen molar-refractivity contribution in [1.82, 2.24) is 0 Å². The molecule has 0 aliphatic rings. The van der Waals surface area contributed by atoms with E-state index in [-0.39, 0.29) is 16.9 Å². The summed E-state index contributed by atoms with van der Waals surface area (Å²) in [6.45, 7) is 1.87. The van der Waals surface area contributed by atoms with E-state index in [9.17, 15) is 19.7 Å². The lowest BCUT2D eigenvalue weighted by Gasteiger charge is -2.09. The molecule has 9 nitrogen and oxygen atoms in total. The summed E-state index contributed by atoms with van der Waals surface area (Å²) < 4.78 is 10.2. The molecule has 0 fully saturated rings. The minimum atomic E-state index is -0.848. The van der Waals surface area contributed by atoms with Crippen molar-refractivity contribution in [3.05, 3.63) is 58.1 Å². The third kappa shape index (κ3) is 4.94. The smallest absolute Gasteiger partial charge is 0.340 e. The lowest BCUT2D eigenvalue weighted by Crippen LogP contribution is -2.21. The van der Waals surface area contributed by atoms with Gasteiger partial charge in [-0.25, -0.2) is 4.79 Å². The van der Waals surface area contributed by atoms with Gasteiger partial charge in [0.15, 0.2) is 6.61 Å². The molecule has 0 radical (unpaired) electrons. The van der Waals surface area contributed by atoms with Crippen LogP contribution in [0.1, 0.15) is 17.3 Å². The molecular formula is C17H17N3O6. The number of nitrogens with one attached hydrogen (secondary N) is 1. The molecule has 0 aliphatic heterocycles. The van der Waals surface area contributed by atoms with Gasteiger partial charge in [0.2, 0.25) is 0 Å². The van der Waals surface area contributed by atoms with Gasteiger partial charge >= 0.3 is 5.97 Å². The Morgan fingerprint density at radius 3 is 2.46 bits per heavy atom. The molecular weight excluding hydrogens is 342 g/mol. The minimum Gasteiger partial charge on any atom is -0.494 e. The number of non-ortho nitro benzene ring substituents is 1. The highest BCUT2D eigenvalue weighted by molar-refractivity contribution is 5.98. The van der Waals surface area contributed by atoms with E-state index in [1.54, 1.807) is 24.3 Å². The van der Waals surface area contributed by atoms with Crippen molar-refractivity contribution in [2.75, 3.05) is 24.3 Å². The number of hydrogen-bond acceptors (Lipinski definition) is 7. The zero-order valence-electron chi connectivity index (χ0n) is 13.9. The van der Waals surface area contributed by atoms with Crippen molar-refractivity contribution in [2.45, 2.75) is 6.92 Å². The van der Waals surface area contributed by atoms with Crippen LogP contribution in [0.5, 0.6) is 5.75 Å². The first-order valence-corrected chi connectivity index (χ1v) is 7.64. The zero-order chi connectivity index (χ0) is 19.1. The van der Waals surface area contributed by atoms with Gasteiger partial charge < -0.3 is 20.5 Å². The predicted molar refractivity (Wildman–Crippen MR) is 94.0 cm³/mol. The number of ether oxygens (including phenoxy) is 2. The summed E-state index contributed by atoms with van der Waals surface area (Å²) in [7, 11) is 0. The molecule has 9 heteroatoms. The normalized spacial score (nSPS) is 10.0. The number of nitrogen functional groups attached to an aromatic ring is 1. The summed E-state index contributed by atoms with van der Waals surface area (Å²) >= 11 is 0. The van der Waals surface area contributed by atoms with Crippen molar-refractivity contribution in [1.29, 1.82) is 0 Å². The van der Waals surface area contributed by atoms with Crippen LogP contribution in [0.15, 0.2) is 42.5 Å². The molecule has 2 aromatic rings. The van der Waals surface area contributed by atoms with Crippen LogP contribution in [0.25, 0.3) is 0 Å². The lowest BCUT2D eigenvalue weighted by molar-refractivity contribution is -0.384. The summed E-state index contributed by atoms with van der Waals surface area (Å²) in [6, 6.07) is 10.1. The van der Waals surface area contributed by atoms with Crippen LogP contribution in [0, 0.1) is 10.1 Å². The highest BCUT2D eigenvalue weighted by Gasteiger charge is 2.16. The number of hydrogen-bond donors (Lipinski definition) is 2. The van der Waals surface area contributed by atoms with Crippen molar-refractivity contribution >= 4 is 28.9 Å². The van der Waals surface area contributed by atoms with E-state index in [0.29, 0.717) is 18.0 Å². The SMILES string of the molecule is CCOc1ccc(NC(=O)COC(=O)c2ccc([N+](=O)[O-])cc2N)cc1. The number of nitro groups is 1. The van der Waals surface area contributed by atoms with E-state index in [1.807, 2.05) is 6.92 Å². The Morgan fingerprint density at radius 2 is 1.88 bits per heavy atom. The molecule has 0 saturated heterocycles. The Labute approximate surface area is 148 Å². The van der Waals surface area contributed by atoms with Gasteiger partial charge in [0, 0.05) is 17.8 Å². The van der Waals surface area contributed by atoms with Gasteiger partial charge in [0.25, 0.3) is 11.6 Å². The molecule has 136 valence electrons. The van der Waals surface area contributed by atoms with Crippen LogP contribution in [-0.2, 0) is 9.53 Å². The maximum atomic E-state index is 12.0. The van der Waals surface area contributed by atoms with Crippen molar-refractivity contribution in [3.8, 4) is 5.75 Å². The first kappa shape index (κ1) is 18.7. The second-order valence-corrected chi connectivity index (χ2v) is 5.11. The Bertz CT molecular complexity index is 820. The van der Waals surface area contributed by atoms with E-state index in [4.69, 9.17) is 15.2 Å². The van der Waals surface area contributed by atoms with E-state index in [2.05, 4.69) is 5.32 Å². The van der Waals surface area contributed by atoms with Crippen LogP contribution in [-0.4, -0.2) is 30.0 Å². The van der Waals surface area contributed by atoms with E-state index < -0.39 is 23.4 Å². The van der Waals surface area contributed by atoms with Crippen molar-refractivity contribution in [3.63, 3.8) is 0 Å². The molecule has 0 aromatic heterocycles. The van der Waals surface area contributed by atoms with E-state index in [0.717, 1.165) is 12.1 Å². The summed E-state index contributed by atoms with van der Waals surface area (Å²) in [5.41, 5.74) is 5.73. The molecule has 1 amide bonds. The van der Waals surface area contributed by atoms with Crippen LogP contribution in [0.3, 0.4) is 0 Å². The lowest BCUT2D eigenvalue weighted by atomic mass is 10.1. The summed E-state index contributed by atoms with van der Waals surface area (Å²) in [4.78, 5) is 33.8. The highest BCUT2D eigenvalue weighted by Crippen LogP contribution is 2.20. The second kappa shape index (κ2) is 8.47. The Balaban J connectivity index is 1.90.